The fraction of sp³-hybridized carbons (Fsp3) is 0.381. The molecule has 2 aromatic heterocycles. The lowest BCUT2D eigenvalue weighted by molar-refractivity contribution is -0.127. The van der Waals surface area contributed by atoms with Crippen LogP contribution in [-0.2, 0) is 4.79 Å². The van der Waals surface area contributed by atoms with Gasteiger partial charge in [-0.2, -0.15) is 0 Å². The lowest BCUT2D eigenvalue weighted by Crippen LogP contribution is -2.26. The van der Waals surface area contributed by atoms with E-state index in [9.17, 15) is 4.79 Å². The van der Waals surface area contributed by atoms with Crippen LogP contribution in [0.1, 0.15) is 32.7 Å². The van der Waals surface area contributed by atoms with Gasteiger partial charge in [0.1, 0.15) is 11.4 Å². The predicted molar refractivity (Wildman–Crippen MR) is 105 cm³/mol. The van der Waals surface area contributed by atoms with Crippen LogP contribution in [0.4, 0.5) is 0 Å². The number of amides is 1. The van der Waals surface area contributed by atoms with Crippen LogP contribution in [0.3, 0.4) is 0 Å². The van der Waals surface area contributed by atoms with Gasteiger partial charge >= 0.3 is 0 Å². The number of hydrogen-bond acceptors (Lipinski definition) is 4. The van der Waals surface area contributed by atoms with Crippen LogP contribution >= 0.6 is 0 Å². The molecule has 4 rings (SSSR count). The van der Waals surface area contributed by atoms with Gasteiger partial charge in [-0.25, -0.2) is 9.97 Å². The molecule has 1 aliphatic heterocycles. The molecule has 0 radical (unpaired) electrons. The van der Waals surface area contributed by atoms with Gasteiger partial charge in [-0.1, -0.05) is 13.0 Å². The Labute approximate surface area is 158 Å². The van der Waals surface area contributed by atoms with Crippen LogP contribution in [0.25, 0.3) is 22.4 Å². The molecule has 1 amide bonds. The van der Waals surface area contributed by atoms with E-state index in [1.807, 2.05) is 48.4 Å². The fourth-order valence-electron chi connectivity index (χ4n) is 3.71. The average molecular weight is 364 g/mol. The minimum atomic E-state index is 0.111. The summed E-state index contributed by atoms with van der Waals surface area (Å²) in [6.45, 7) is 6.26. The van der Waals surface area contributed by atoms with E-state index in [1.165, 1.54) is 0 Å². The molecule has 0 bridgehead atoms. The molecular formula is C21H24N4O2. The Bertz CT molecular complexity index is 966. The Hall–Kier alpha value is -2.89. The lowest BCUT2D eigenvalue weighted by Gasteiger charge is -2.17. The number of benzene rings is 1. The third kappa shape index (κ3) is 3.39. The predicted octanol–water partition coefficient (Wildman–Crippen LogP) is 3.68. The van der Waals surface area contributed by atoms with Gasteiger partial charge in [0.05, 0.1) is 18.2 Å². The van der Waals surface area contributed by atoms with Gasteiger partial charge in [0.2, 0.25) is 5.91 Å². The SMILES string of the molecule is CCCN1CC(n2ccnc2-c2ccc3cc(OCC)ccc3n2)CC1=O. The topological polar surface area (TPSA) is 60.3 Å². The van der Waals surface area contributed by atoms with Crippen LogP contribution in [0.5, 0.6) is 5.75 Å². The molecule has 1 unspecified atom stereocenters. The second kappa shape index (κ2) is 7.39. The molecule has 1 atom stereocenters. The molecule has 6 heteroatoms. The molecule has 0 N–H and O–H groups in total. The molecule has 1 fully saturated rings. The number of likely N-dealkylation sites (tertiary alicyclic amines) is 1. The van der Waals surface area contributed by atoms with E-state index in [0.717, 1.165) is 47.7 Å². The highest BCUT2D eigenvalue weighted by atomic mass is 16.5. The first-order valence-corrected chi connectivity index (χ1v) is 9.54. The Kier molecular flexibility index (Phi) is 4.79. The monoisotopic (exact) mass is 364 g/mol. The number of pyridine rings is 1. The summed E-state index contributed by atoms with van der Waals surface area (Å²) in [7, 11) is 0. The Morgan fingerprint density at radius 2 is 2.11 bits per heavy atom. The first kappa shape index (κ1) is 17.5. The molecule has 0 spiro atoms. The van der Waals surface area contributed by atoms with Crippen LogP contribution in [0, 0.1) is 0 Å². The minimum absolute atomic E-state index is 0.111. The quantitative estimate of drug-likeness (QED) is 0.669. The smallest absolute Gasteiger partial charge is 0.224 e. The zero-order chi connectivity index (χ0) is 18.8. The number of rotatable bonds is 6. The summed E-state index contributed by atoms with van der Waals surface area (Å²) in [5.74, 6) is 1.87. The maximum atomic E-state index is 12.2. The van der Waals surface area contributed by atoms with Crippen LogP contribution in [0.15, 0.2) is 42.7 Å². The van der Waals surface area contributed by atoms with Crippen molar-refractivity contribution < 1.29 is 9.53 Å². The minimum Gasteiger partial charge on any atom is -0.494 e. The second-order valence-electron chi connectivity index (χ2n) is 6.84. The van der Waals surface area contributed by atoms with Gasteiger partial charge in [0.25, 0.3) is 0 Å². The van der Waals surface area contributed by atoms with Crippen LogP contribution in [-0.4, -0.2) is 45.0 Å². The number of carbonyl (C=O) groups excluding carboxylic acids is 1. The van der Waals surface area contributed by atoms with Gasteiger partial charge in [-0.15, -0.1) is 0 Å². The highest BCUT2D eigenvalue weighted by Crippen LogP contribution is 2.29. The van der Waals surface area contributed by atoms with Gasteiger partial charge in [-0.05, 0) is 37.6 Å². The zero-order valence-electron chi connectivity index (χ0n) is 15.8. The number of ether oxygens (including phenoxy) is 1. The zero-order valence-corrected chi connectivity index (χ0v) is 15.8. The molecular weight excluding hydrogens is 340 g/mol. The summed E-state index contributed by atoms with van der Waals surface area (Å²) in [6.07, 6.45) is 5.24. The average Bonchev–Trinajstić information content (AvgIpc) is 3.29. The number of fused-ring (bicyclic) bond motifs is 1. The largest absolute Gasteiger partial charge is 0.494 e. The normalized spacial score (nSPS) is 17.0. The van der Waals surface area contributed by atoms with Crippen molar-refractivity contribution in [2.45, 2.75) is 32.7 Å². The molecule has 1 aromatic carbocycles. The summed E-state index contributed by atoms with van der Waals surface area (Å²) in [4.78, 5) is 23.5. The van der Waals surface area contributed by atoms with Gasteiger partial charge in [0.15, 0.2) is 5.82 Å². The number of carbonyl (C=O) groups is 1. The third-order valence-corrected chi connectivity index (χ3v) is 4.95. The molecule has 3 heterocycles. The third-order valence-electron chi connectivity index (χ3n) is 4.95. The Morgan fingerprint density at radius 3 is 2.93 bits per heavy atom. The maximum Gasteiger partial charge on any atom is 0.224 e. The van der Waals surface area contributed by atoms with Crippen molar-refractivity contribution in [2.24, 2.45) is 0 Å². The van der Waals surface area contributed by atoms with Crippen molar-refractivity contribution in [1.82, 2.24) is 19.4 Å². The van der Waals surface area contributed by atoms with Gasteiger partial charge in [0, 0.05) is 37.3 Å². The molecule has 3 aromatic rings. The van der Waals surface area contributed by atoms with Crippen molar-refractivity contribution in [1.29, 1.82) is 0 Å². The molecule has 27 heavy (non-hydrogen) atoms. The molecule has 1 saturated heterocycles. The lowest BCUT2D eigenvalue weighted by atomic mass is 10.2. The fourth-order valence-corrected chi connectivity index (χ4v) is 3.71. The second-order valence-corrected chi connectivity index (χ2v) is 6.84. The number of aromatic nitrogens is 3. The molecule has 140 valence electrons. The number of imidazole rings is 1. The molecule has 0 saturated carbocycles. The van der Waals surface area contributed by atoms with E-state index in [2.05, 4.69) is 16.5 Å². The van der Waals surface area contributed by atoms with E-state index in [4.69, 9.17) is 9.72 Å². The van der Waals surface area contributed by atoms with E-state index in [1.54, 1.807) is 6.20 Å². The standard InChI is InChI=1S/C21H24N4O2/c1-3-10-24-14-16(13-20(24)26)25-11-9-22-21(25)19-7-5-15-12-17(27-4-2)6-8-18(15)23-19/h5-9,11-12,16H,3-4,10,13-14H2,1-2H3. The van der Waals surface area contributed by atoms with E-state index in [0.29, 0.717) is 13.0 Å². The summed E-state index contributed by atoms with van der Waals surface area (Å²) in [5, 5.41) is 1.04. The highest BCUT2D eigenvalue weighted by molar-refractivity contribution is 5.82. The number of nitrogens with zero attached hydrogens (tertiary/aromatic N) is 4. The summed E-state index contributed by atoms with van der Waals surface area (Å²) < 4.78 is 7.66. The van der Waals surface area contributed by atoms with Crippen molar-refractivity contribution in [3.63, 3.8) is 0 Å². The molecule has 0 aliphatic carbocycles. The Morgan fingerprint density at radius 1 is 1.22 bits per heavy atom. The summed E-state index contributed by atoms with van der Waals surface area (Å²) in [5.41, 5.74) is 1.72. The van der Waals surface area contributed by atoms with Crippen LogP contribution in [0.2, 0.25) is 0 Å². The first-order chi connectivity index (χ1) is 13.2. The van der Waals surface area contributed by atoms with E-state index >= 15 is 0 Å². The van der Waals surface area contributed by atoms with Crippen LogP contribution < -0.4 is 4.74 Å². The van der Waals surface area contributed by atoms with Crippen molar-refractivity contribution in [3.8, 4) is 17.3 Å². The van der Waals surface area contributed by atoms with Gasteiger partial charge in [-0.3, -0.25) is 4.79 Å². The van der Waals surface area contributed by atoms with Crippen molar-refractivity contribution >= 4 is 16.8 Å². The first-order valence-electron chi connectivity index (χ1n) is 9.54. The summed E-state index contributed by atoms with van der Waals surface area (Å²) in [6, 6.07) is 10.0. The molecule has 6 nitrogen and oxygen atoms in total. The van der Waals surface area contributed by atoms with Crippen molar-refractivity contribution in [2.75, 3.05) is 19.7 Å². The maximum absolute atomic E-state index is 12.2. The summed E-state index contributed by atoms with van der Waals surface area (Å²) >= 11 is 0. The number of hydrogen-bond donors (Lipinski definition) is 0. The van der Waals surface area contributed by atoms with E-state index in [-0.39, 0.29) is 11.9 Å². The highest BCUT2D eigenvalue weighted by Gasteiger charge is 2.31. The van der Waals surface area contributed by atoms with Crippen molar-refractivity contribution in [3.05, 3.63) is 42.7 Å². The van der Waals surface area contributed by atoms with E-state index < -0.39 is 0 Å². The van der Waals surface area contributed by atoms with Gasteiger partial charge < -0.3 is 14.2 Å². The molecule has 1 aliphatic rings. The Balaban J connectivity index is 1.64.